The Labute approximate surface area is 454 Å². The van der Waals surface area contributed by atoms with Crippen LogP contribution in [0.25, 0.3) is 0 Å². The molecule has 0 saturated carbocycles. The maximum absolute atomic E-state index is 15.2. The van der Waals surface area contributed by atoms with Crippen molar-refractivity contribution in [3.63, 3.8) is 0 Å². The SMILES string of the molecule is CC[C@H]1OC(=O)[C@H](C)[C@@H](OC(=O)CN2CCOCC2)[C@H](C)[C@@H](O[C@@H]2O[C@H](C)C[C@H](N(C)C)[C@H]2O)[C@](C)(OC)C[C@@H](C)C(=O)[C@H](C)[C@H]2[C@H](SCCOc3cc(C(=O)Nc4c(Cl)cncc4Cl)ccc3OC)C(=O)O[C@@]21C. The first-order valence-corrected chi connectivity index (χ1v) is 27.5. The van der Waals surface area contributed by atoms with Crippen molar-refractivity contribution < 1.29 is 71.7 Å². The number of ketones is 1. The summed E-state index contributed by atoms with van der Waals surface area (Å²) in [4.78, 5) is 79.4. The van der Waals surface area contributed by atoms with Crippen molar-refractivity contribution in [3.05, 3.63) is 46.2 Å². The number of anilines is 1. The highest BCUT2D eigenvalue weighted by atomic mass is 35.5. The number of nitrogens with zero attached hydrogens (tertiary/aromatic N) is 3. The highest BCUT2D eigenvalue weighted by Crippen LogP contribution is 2.49. The molecule has 1 amide bonds. The van der Waals surface area contributed by atoms with E-state index in [1.54, 1.807) is 60.6 Å². The van der Waals surface area contributed by atoms with Crippen LogP contribution in [0.4, 0.5) is 5.69 Å². The van der Waals surface area contributed by atoms with Crippen LogP contribution in [0.3, 0.4) is 0 Å². The molecule has 4 aliphatic heterocycles. The van der Waals surface area contributed by atoms with Crippen molar-refractivity contribution in [2.45, 2.75) is 134 Å². The number of nitrogens with one attached hydrogen (secondary N) is 1. The molecule has 418 valence electrons. The van der Waals surface area contributed by atoms with Crippen LogP contribution in [0.15, 0.2) is 30.6 Å². The summed E-state index contributed by atoms with van der Waals surface area (Å²) in [5.74, 6) is -6.15. The molecular formula is C53H76Cl2N4O15S. The number of aliphatic hydroxyl groups is 1. The Balaban J connectivity index is 1.32. The minimum atomic E-state index is -1.50. The van der Waals surface area contributed by atoms with Gasteiger partial charge in [0.05, 0.1) is 72.9 Å². The number of thioether (sulfide) groups is 1. The number of halogens is 2. The molecule has 6 rings (SSSR count). The first kappa shape index (κ1) is 60.4. The Kier molecular flexibility index (Phi) is 21.1. The minimum Gasteiger partial charge on any atom is -0.493 e. The second-order valence-corrected chi connectivity index (χ2v) is 22.9. The van der Waals surface area contributed by atoms with Gasteiger partial charge in [-0.05, 0) is 79.3 Å². The summed E-state index contributed by atoms with van der Waals surface area (Å²) < 4.78 is 56.0. The molecule has 0 unspecified atom stereocenters. The first-order valence-electron chi connectivity index (χ1n) is 25.7. The van der Waals surface area contributed by atoms with E-state index in [-0.39, 0.29) is 76.7 Å². The zero-order chi connectivity index (χ0) is 55.1. The van der Waals surface area contributed by atoms with Crippen molar-refractivity contribution >= 4 is 70.2 Å². The molecule has 1 aromatic heterocycles. The highest BCUT2D eigenvalue weighted by molar-refractivity contribution is 8.00. The van der Waals surface area contributed by atoms with Gasteiger partial charge in [-0.15, -0.1) is 11.8 Å². The second-order valence-electron chi connectivity index (χ2n) is 20.8. The zero-order valence-corrected chi connectivity index (χ0v) is 47.5. The van der Waals surface area contributed by atoms with Gasteiger partial charge in [0.1, 0.15) is 29.3 Å². The molecule has 1 aromatic carbocycles. The molecule has 5 heterocycles. The molecule has 2 aromatic rings. The topological polar surface area (TPSA) is 220 Å². The molecule has 19 nitrogen and oxygen atoms in total. The summed E-state index contributed by atoms with van der Waals surface area (Å²) in [6.45, 7) is 16.1. The third kappa shape index (κ3) is 13.9. The molecule has 2 N–H and O–H groups in total. The van der Waals surface area contributed by atoms with Gasteiger partial charge in [-0.2, -0.15) is 0 Å². The number of hydrogen-bond acceptors (Lipinski definition) is 19. The number of esters is 3. The lowest BCUT2D eigenvalue weighted by Gasteiger charge is -2.48. The van der Waals surface area contributed by atoms with Crippen LogP contribution in [0.5, 0.6) is 11.5 Å². The van der Waals surface area contributed by atoms with Gasteiger partial charge in [0.25, 0.3) is 5.91 Å². The van der Waals surface area contributed by atoms with E-state index < -0.39 is 101 Å². The first-order chi connectivity index (χ1) is 35.5. The maximum Gasteiger partial charge on any atom is 0.320 e. The van der Waals surface area contributed by atoms with E-state index in [9.17, 15) is 24.3 Å². The van der Waals surface area contributed by atoms with E-state index >= 15 is 4.79 Å². The van der Waals surface area contributed by atoms with Gasteiger partial charge in [0.15, 0.2) is 23.4 Å². The number of hydrogen-bond donors (Lipinski definition) is 2. The minimum absolute atomic E-state index is 0.0364. The van der Waals surface area contributed by atoms with E-state index in [0.29, 0.717) is 38.5 Å². The summed E-state index contributed by atoms with van der Waals surface area (Å²) in [5.41, 5.74) is -2.42. The van der Waals surface area contributed by atoms with Crippen LogP contribution in [0.2, 0.25) is 10.0 Å². The number of likely N-dealkylation sites (N-methyl/N-ethyl adjacent to an activating group) is 1. The van der Waals surface area contributed by atoms with Crippen LogP contribution in [-0.2, 0) is 52.3 Å². The van der Waals surface area contributed by atoms with Crippen LogP contribution >= 0.6 is 35.0 Å². The van der Waals surface area contributed by atoms with E-state index in [1.807, 2.05) is 30.8 Å². The van der Waals surface area contributed by atoms with E-state index in [2.05, 4.69) is 10.3 Å². The van der Waals surface area contributed by atoms with Gasteiger partial charge >= 0.3 is 17.9 Å². The van der Waals surface area contributed by atoms with Gasteiger partial charge in [-0.3, -0.25) is 33.9 Å². The smallest absolute Gasteiger partial charge is 0.320 e. The average molecular weight is 1110 g/mol. The third-order valence-electron chi connectivity index (χ3n) is 15.4. The Morgan fingerprint density at radius 2 is 1.67 bits per heavy atom. The lowest BCUT2D eigenvalue weighted by molar-refractivity contribution is -0.301. The van der Waals surface area contributed by atoms with Gasteiger partial charge in [-0.1, -0.05) is 50.9 Å². The van der Waals surface area contributed by atoms with Crippen molar-refractivity contribution in [3.8, 4) is 11.5 Å². The van der Waals surface area contributed by atoms with Crippen LogP contribution in [0.1, 0.15) is 85.0 Å². The molecule has 75 heavy (non-hydrogen) atoms. The third-order valence-corrected chi connectivity index (χ3v) is 17.2. The second kappa shape index (κ2) is 26.2. The number of rotatable bonds is 16. The van der Waals surface area contributed by atoms with Crippen LogP contribution < -0.4 is 14.8 Å². The Bertz CT molecular complexity index is 2310. The monoisotopic (exact) mass is 1110 g/mol. The largest absolute Gasteiger partial charge is 0.493 e. The number of Topliss-reactive ketones (excluding diaryl/α,β-unsaturated/α-hetero) is 1. The molecule has 4 saturated heterocycles. The van der Waals surface area contributed by atoms with Crippen molar-refractivity contribution in [1.82, 2.24) is 14.8 Å². The molecule has 0 radical (unpaired) electrons. The molecule has 22 heteroatoms. The average Bonchev–Trinajstić information content (AvgIpc) is 3.64. The van der Waals surface area contributed by atoms with Crippen molar-refractivity contribution in [2.24, 2.45) is 29.6 Å². The number of cyclic esters (lactones) is 1. The number of benzene rings is 1. The summed E-state index contributed by atoms with van der Waals surface area (Å²) >= 11 is 13.7. The standard InChI is InChI=1S/C53H76Cl2N4O15S/c1-13-39-53(8)41(46(50(65)74-53)75-21-20-69-38-23-33(14-15-37(38)66-11)48(63)57-42-34(54)25-56-26-35(42)55)30(4)43(61)28(2)24-52(7,67-12)47(73-51-44(62)36(58(9)10)22-29(3)70-51)31(5)45(32(6)49(64)71-39)72-40(60)27-59-16-18-68-19-17-59/h14-15,23,25-26,28-32,36,39,41,44-47,51,62H,13,16-22,24,27H2,1-12H3,(H,56,57,63)/t28-,29-,30-,31+,32-,36+,39-,41+,44-,45+,46+,47-,51+,52-,53-/m1/s1. The predicted molar refractivity (Wildman–Crippen MR) is 281 cm³/mol. The number of pyridine rings is 1. The molecule has 0 bridgehead atoms. The molecule has 4 fully saturated rings. The van der Waals surface area contributed by atoms with Gasteiger partial charge in [-0.25, -0.2) is 0 Å². The molecule has 0 aliphatic carbocycles. The number of morpholine rings is 1. The van der Waals surface area contributed by atoms with Gasteiger partial charge < -0.3 is 58.0 Å². The van der Waals surface area contributed by atoms with Crippen molar-refractivity contribution in [2.75, 3.05) is 78.8 Å². The number of aliphatic hydroxyl groups excluding tert-OH is 1. The Hall–Kier alpha value is -3.83. The summed E-state index contributed by atoms with van der Waals surface area (Å²) in [6.07, 6.45) is -2.36. The number of methoxy groups -OCH3 is 2. The normalized spacial score (nSPS) is 34.2. The fourth-order valence-electron chi connectivity index (χ4n) is 11.2. The Morgan fingerprint density at radius 1 is 0.987 bits per heavy atom. The highest BCUT2D eigenvalue weighted by Gasteiger charge is 2.62. The zero-order valence-electron chi connectivity index (χ0n) is 45.1. The number of fused-ring (bicyclic) bond motifs is 1. The number of aromatic nitrogens is 1. The molecule has 0 spiro atoms. The number of carbonyl (C=O) groups excluding carboxylic acids is 5. The molecule has 15 atom stereocenters. The quantitative estimate of drug-likeness (QED) is 0.106. The summed E-state index contributed by atoms with van der Waals surface area (Å²) in [5, 5.41) is 13.9. The van der Waals surface area contributed by atoms with Gasteiger partial charge in [0.2, 0.25) is 0 Å². The van der Waals surface area contributed by atoms with E-state index in [1.165, 1.54) is 44.4 Å². The number of amides is 1. The van der Waals surface area contributed by atoms with Crippen LogP contribution in [0, 0.1) is 29.6 Å². The lowest BCUT2D eigenvalue weighted by Crippen LogP contribution is -2.60. The summed E-state index contributed by atoms with van der Waals surface area (Å²) in [7, 11) is 6.71. The van der Waals surface area contributed by atoms with Crippen LogP contribution in [-0.4, -0.2) is 182 Å². The van der Waals surface area contributed by atoms with E-state index in [4.69, 9.17) is 65.8 Å². The van der Waals surface area contributed by atoms with E-state index in [0.717, 1.165) is 0 Å². The lowest BCUT2D eigenvalue weighted by atomic mass is 9.70. The predicted octanol–water partition coefficient (Wildman–Crippen LogP) is 6.36. The Morgan fingerprint density at radius 3 is 2.29 bits per heavy atom. The fraction of sp³-hybridized carbons (Fsp3) is 0.698. The van der Waals surface area contributed by atoms with Crippen molar-refractivity contribution in [1.29, 1.82) is 0 Å². The summed E-state index contributed by atoms with van der Waals surface area (Å²) in [6, 6.07) is 4.31. The number of carbonyl (C=O) groups is 5. The number of ether oxygens (including phenoxy) is 9. The molecular weight excluding hydrogens is 1040 g/mol. The maximum atomic E-state index is 15.2. The fourth-order valence-corrected chi connectivity index (χ4v) is 13.0. The van der Waals surface area contributed by atoms with Gasteiger partial charge in [0, 0.05) is 73.6 Å². The molecule has 4 aliphatic rings.